The first-order chi connectivity index (χ1) is 8.68. The minimum absolute atomic E-state index is 0.377. The van der Waals surface area contributed by atoms with Crippen molar-refractivity contribution in [2.45, 2.75) is 31.9 Å². The Kier molecular flexibility index (Phi) is 2.71. The smallest absolute Gasteiger partial charge is 0.110 e. The fourth-order valence-electron chi connectivity index (χ4n) is 2.52. The molecule has 0 spiro atoms. The molecule has 1 N–H and O–H groups in total. The van der Waals surface area contributed by atoms with Crippen molar-refractivity contribution in [3.05, 3.63) is 54.1 Å². The largest absolute Gasteiger partial charge is 0.383 e. The summed E-state index contributed by atoms with van der Waals surface area (Å²) < 4.78 is 1.96. The highest BCUT2D eigenvalue weighted by Crippen LogP contribution is 2.46. The third kappa shape index (κ3) is 2.06. The summed E-state index contributed by atoms with van der Waals surface area (Å²) in [6, 6.07) is 8.22. The lowest BCUT2D eigenvalue weighted by Crippen LogP contribution is -2.33. The summed E-state index contributed by atoms with van der Waals surface area (Å²) in [4.78, 5) is 4.05. The predicted molar refractivity (Wildman–Crippen MR) is 70.0 cm³/mol. The van der Waals surface area contributed by atoms with Crippen LogP contribution < -0.4 is 0 Å². The first kappa shape index (κ1) is 11.5. The molecule has 94 valence electrons. The minimum atomic E-state index is -0.756. The van der Waals surface area contributed by atoms with Crippen LogP contribution in [0.25, 0.3) is 0 Å². The third-order valence-electron chi connectivity index (χ3n) is 3.79. The minimum Gasteiger partial charge on any atom is -0.383 e. The van der Waals surface area contributed by atoms with Crippen LogP contribution in [0, 0.1) is 12.8 Å². The highest BCUT2D eigenvalue weighted by Gasteiger charge is 2.45. The first-order valence-electron chi connectivity index (χ1n) is 6.44. The third-order valence-corrected chi connectivity index (χ3v) is 3.79. The zero-order chi connectivity index (χ0) is 12.6. The lowest BCUT2D eigenvalue weighted by molar-refractivity contribution is -0.00456. The highest BCUT2D eigenvalue weighted by atomic mass is 16.3. The standard InChI is InChI=1S/C15H18N2O/c1-12-2-4-13(5-3-12)15(18,14-6-7-14)10-17-9-8-16-11-17/h2-5,8-9,11,14,18H,6-7,10H2,1H3. The quantitative estimate of drug-likeness (QED) is 0.894. The van der Waals surface area contributed by atoms with E-state index < -0.39 is 5.60 Å². The van der Waals surface area contributed by atoms with Gasteiger partial charge >= 0.3 is 0 Å². The molecule has 1 saturated carbocycles. The fraction of sp³-hybridized carbons (Fsp3) is 0.400. The monoisotopic (exact) mass is 242 g/mol. The van der Waals surface area contributed by atoms with E-state index in [-0.39, 0.29) is 0 Å². The molecule has 1 aliphatic carbocycles. The maximum atomic E-state index is 11.0. The summed E-state index contributed by atoms with van der Waals surface area (Å²) in [5, 5.41) is 11.0. The second-order valence-electron chi connectivity index (χ2n) is 5.30. The summed E-state index contributed by atoms with van der Waals surface area (Å²) in [7, 11) is 0. The van der Waals surface area contributed by atoms with Crippen LogP contribution >= 0.6 is 0 Å². The molecule has 3 nitrogen and oxygen atoms in total. The molecule has 3 rings (SSSR count). The van der Waals surface area contributed by atoms with Gasteiger partial charge in [-0.05, 0) is 31.2 Å². The van der Waals surface area contributed by atoms with Gasteiger partial charge in [0.25, 0.3) is 0 Å². The Morgan fingerprint density at radius 1 is 1.33 bits per heavy atom. The first-order valence-corrected chi connectivity index (χ1v) is 6.44. The Bertz CT molecular complexity index is 514. The molecule has 1 atom stereocenters. The van der Waals surface area contributed by atoms with Crippen LogP contribution in [-0.2, 0) is 12.1 Å². The van der Waals surface area contributed by atoms with Crippen LogP contribution in [0.1, 0.15) is 24.0 Å². The van der Waals surface area contributed by atoms with Gasteiger partial charge in [-0.2, -0.15) is 0 Å². The van der Waals surface area contributed by atoms with E-state index in [1.165, 1.54) is 5.56 Å². The van der Waals surface area contributed by atoms with E-state index in [9.17, 15) is 5.11 Å². The van der Waals surface area contributed by atoms with Crippen molar-refractivity contribution in [1.82, 2.24) is 9.55 Å². The van der Waals surface area contributed by atoms with Gasteiger partial charge in [-0.3, -0.25) is 0 Å². The number of rotatable bonds is 4. The molecule has 0 saturated heterocycles. The Balaban J connectivity index is 1.93. The second-order valence-corrected chi connectivity index (χ2v) is 5.30. The van der Waals surface area contributed by atoms with Crippen molar-refractivity contribution in [1.29, 1.82) is 0 Å². The zero-order valence-electron chi connectivity index (χ0n) is 10.6. The maximum absolute atomic E-state index is 11.0. The van der Waals surface area contributed by atoms with E-state index >= 15 is 0 Å². The normalized spacial score (nSPS) is 18.6. The van der Waals surface area contributed by atoms with Gasteiger partial charge in [0, 0.05) is 12.4 Å². The Morgan fingerprint density at radius 2 is 2.06 bits per heavy atom. The number of benzene rings is 1. The average Bonchev–Trinajstić information content (AvgIpc) is 3.11. The summed E-state index contributed by atoms with van der Waals surface area (Å²) in [6.45, 7) is 2.65. The van der Waals surface area contributed by atoms with Crippen molar-refractivity contribution in [2.75, 3.05) is 0 Å². The number of hydrogen-bond acceptors (Lipinski definition) is 2. The number of imidazole rings is 1. The number of hydrogen-bond donors (Lipinski definition) is 1. The summed E-state index contributed by atoms with van der Waals surface area (Å²) in [5.41, 5.74) is 1.48. The van der Waals surface area contributed by atoms with Gasteiger partial charge in [0.05, 0.1) is 12.9 Å². The molecule has 1 aromatic carbocycles. The highest BCUT2D eigenvalue weighted by molar-refractivity contribution is 5.28. The van der Waals surface area contributed by atoms with E-state index in [4.69, 9.17) is 0 Å². The van der Waals surface area contributed by atoms with Gasteiger partial charge in [-0.15, -0.1) is 0 Å². The molecule has 1 aromatic heterocycles. The van der Waals surface area contributed by atoms with Gasteiger partial charge in [0.15, 0.2) is 0 Å². The van der Waals surface area contributed by atoms with Crippen molar-refractivity contribution < 1.29 is 5.11 Å². The van der Waals surface area contributed by atoms with E-state index in [1.54, 1.807) is 12.5 Å². The molecule has 18 heavy (non-hydrogen) atoms. The van der Waals surface area contributed by atoms with Gasteiger partial charge in [0.2, 0.25) is 0 Å². The number of aromatic nitrogens is 2. The van der Waals surface area contributed by atoms with E-state index in [1.807, 2.05) is 22.9 Å². The van der Waals surface area contributed by atoms with Crippen molar-refractivity contribution in [2.24, 2.45) is 5.92 Å². The molecule has 1 heterocycles. The van der Waals surface area contributed by atoms with Gasteiger partial charge < -0.3 is 9.67 Å². The SMILES string of the molecule is Cc1ccc(C(O)(Cn2ccnc2)C2CC2)cc1. The summed E-state index contributed by atoms with van der Waals surface area (Å²) >= 11 is 0. The van der Waals surface area contributed by atoms with Gasteiger partial charge in [-0.1, -0.05) is 29.8 Å². The second kappa shape index (κ2) is 4.25. The van der Waals surface area contributed by atoms with E-state index in [0.717, 1.165) is 18.4 Å². The van der Waals surface area contributed by atoms with E-state index in [0.29, 0.717) is 12.5 Å². The van der Waals surface area contributed by atoms with Crippen LogP contribution in [0.3, 0.4) is 0 Å². The van der Waals surface area contributed by atoms with Crippen molar-refractivity contribution >= 4 is 0 Å². The van der Waals surface area contributed by atoms with Crippen LogP contribution in [0.2, 0.25) is 0 Å². The lowest BCUT2D eigenvalue weighted by atomic mass is 9.88. The summed E-state index contributed by atoms with van der Waals surface area (Å²) in [5.74, 6) is 0.377. The average molecular weight is 242 g/mol. The molecule has 0 aliphatic heterocycles. The van der Waals surface area contributed by atoms with Gasteiger partial charge in [-0.25, -0.2) is 4.98 Å². The topological polar surface area (TPSA) is 38.0 Å². The van der Waals surface area contributed by atoms with Crippen LogP contribution in [-0.4, -0.2) is 14.7 Å². The number of nitrogens with zero attached hydrogens (tertiary/aromatic N) is 2. The lowest BCUT2D eigenvalue weighted by Gasteiger charge is -2.29. The molecule has 3 heteroatoms. The van der Waals surface area contributed by atoms with E-state index in [2.05, 4.69) is 24.0 Å². The predicted octanol–water partition coefficient (Wildman–Crippen LogP) is 2.49. The molecule has 0 radical (unpaired) electrons. The summed E-state index contributed by atoms with van der Waals surface area (Å²) in [6.07, 6.45) is 7.64. The molecule has 1 fully saturated rings. The molecule has 0 bridgehead atoms. The molecule has 1 aliphatic rings. The number of aliphatic hydroxyl groups is 1. The Labute approximate surface area is 107 Å². The molecule has 2 aromatic rings. The maximum Gasteiger partial charge on any atom is 0.110 e. The Hall–Kier alpha value is -1.61. The number of aryl methyl sites for hydroxylation is 1. The fourth-order valence-corrected chi connectivity index (χ4v) is 2.52. The Morgan fingerprint density at radius 3 is 2.61 bits per heavy atom. The van der Waals surface area contributed by atoms with Gasteiger partial charge in [0.1, 0.15) is 5.60 Å². The zero-order valence-corrected chi connectivity index (χ0v) is 10.6. The molecular formula is C15H18N2O. The van der Waals surface area contributed by atoms with Crippen LogP contribution in [0.5, 0.6) is 0 Å². The van der Waals surface area contributed by atoms with Crippen molar-refractivity contribution in [3.8, 4) is 0 Å². The molecule has 0 amide bonds. The van der Waals surface area contributed by atoms with Crippen molar-refractivity contribution in [3.63, 3.8) is 0 Å². The van der Waals surface area contributed by atoms with Crippen LogP contribution in [0.4, 0.5) is 0 Å². The van der Waals surface area contributed by atoms with Crippen LogP contribution in [0.15, 0.2) is 43.0 Å². The molecule has 1 unspecified atom stereocenters. The molecular weight excluding hydrogens is 224 g/mol.